The molecular weight excluding hydrogens is 311 g/mol. The van der Waals surface area contributed by atoms with Gasteiger partial charge in [0.2, 0.25) is 0 Å². The van der Waals surface area contributed by atoms with Gasteiger partial charge in [-0.05, 0) is 50.6 Å². The number of hydrogen-bond donors (Lipinski definition) is 1. The lowest BCUT2D eigenvalue weighted by Crippen LogP contribution is -2.45. The summed E-state index contributed by atoms with van der Waals surface area (Å²) in [5.41, 5.74) is 0.526. The van der Waals surface area contributed by atoms with E-state index in [0.717, 1.165) is 25.8 Å². The Hall–Kier alpha value is -1.92. The van der Waals surface area contributed by atoms with Gasteiger partial charge < -0.3 is 19.3 Å². The Kier molecular flexibility index (Phi) is 5.16. The summed E-state index contributed by atoms with van der Waals surface area (Å²) in [6.07, 6.45) is 2.58. The van der Waals surface area contributed by atoms with Gasteiger partial charge in [0.05, 0.1) is 0 Å². The van der Waals surface area contributed by atoms with Crippen LogP contribution in [0.4, 0.5) is 4.39 Å². The fraction of sp³-hybridized carbons (Fsp3) is 0.500. The number of halogens is 1. The number of benzene rings is 1. The number of carbonyl (C=O) groups is 1. The van der Waals surface area contributed by atoms with Crippen LogP contribution < -0.4 is 0 Å². The zero-order valence-corrected chi connectivity index (χ0v) is 13.9. The third-order valence-electron chi connectivity index (χ3n) is 4.73. The van der Waals surface area contributed by atoms with E-state index in [9.17, 15) is 9.18 Å². The molecule has 1 aromatic carbocycles. The number of hydrogen-bond acceptors (Lipinski definition) is 4. The first-order valence-electron chi connectivity index (χ1n) is 8.38. The van der Waals surface area contributed by atoms with E-state index in [1.165, 1.54) is 12.1 Å². The van der Waals surface area contributed by atoms with Crippen LogP contribution in [0.2, 0.25) is 0 Å². The molecule has 1 aliphatic heterocycles. The van der Waals surface area contributed by atoms with Crippen molar-refractivity contribution in [2.24, 2.45) is 0 Å². The molecule has 1 fully saturated rings. The maximum absolute atomic E-state index is 13.3. The topological polar surface area (TPSA) is 56.9 Å². The van der Waals surface area contributed by atoms with E-state index in [2.05, 4.69) is 11.9 Å². The molecule has 0 unspecified atom stereocenters. The Morgan fingerprint density at radius 1 is 1.38 bits per heavy atom. The van der Waals surface area contributed by atoms with E-state index in [0.29, 0.717) is 30.1 Å². The molecule has 0 aliphatic carbocycles. The summed E-state index contributed by atoms with van der Waals surface area (Å²) < 4.78 is 18.8. The minimum Gasteiger partial charge on any atom is -0.451 e. The molecular formula is C18H23FN2O3. The second-order valence-electron chi connectivity index (χ2n) is 6.37. The zero-order chi connectivity index (χ0) is 17.1. The fourth-order valence-corrected chi connectivity index (χ4v) is 3.29. The molecule has 0 spiro atoms. The molecule has 1 aromatic heterocycles. The highest BCUT2D eigenvalue weighted by atomic mass is 19.1. The van der Waals surface area contributed by atoms with Crippen molar-refractivity contribution >= 4 is 16.9 Å². The molecule has 1 N–H and O–H groups in total. The molecule has 0 saturated carbocycles. The maximum atomic E-state index is 13.3. The Bertz CT molecular complexity index is 707. The molecule has 5 nitrogen and oxygen atoms in total. The summed E-state index contributed by atoms with van der Waals surface area (Å²) in [6, 6.07) is 6.29. The molecule has 1 aliphatic rings. The normalized spacial score (nSPS) is 16.2. The maximum Gasteiger partial charge on any atom is 0.289 e. The second-order valence-corrected chi connectivity index (χ2v) is 6.37. The standard InChI is InChI=1S/C18H23FN2O3/c1-20(7-2-10-22)15-5-8-21(9-6-15)18(23)17-12-13-11-14(19)3-4-16(13)24-17/h3-4,11-12,15,22H,2,5-10H2,1H3. The molecule has 0 atom stereocenters. The molecule has 6 heteroatoms. The average Bonchev–Trinajstić information content (AvgIpc) is 3.02. The molecule has 130 valence electrons. The van der Waals surface area contributed by atoms with Crippen molar-refractivity contribution in [1.82, 2.24) is 9.80 Å². The molecule has 24 heavy (non-hydrogen) atoms. The smallest absolute Gasteiger partial charge is 0.289 e. The number of amides is 1. The molecule has 0 bridgehead atoms. The van der Waals surface area contributed by atoms with Crippen LogP contribution in [0.15, 0.2) is 28.7 Å². The van der Waals surface area contributed by atoms with Gasteiger partial charge in [-0.25, -0.2) is 4.39 Å². The molecule has 3 rings (SSSR count). The lowest BCUT2D eigenvalue weighted by atomic mass is 10.0. The van der Waals surface area contributed by atoms with Crippen molar-refractivity contribution in [1.29, 1.82) is 0 Å². The molecule has 1 amide bonds. The predicted octanol–water partition coefficient (Wildman–Crippen LogP) is 2.49. The van der Waals surface area contributed by atoms with Gasteiger partial charge in [0.15, 0.2) is 5.76 Å². The fourth-order valence-electron chi connectivity index (χ4n) is 3.29. The first-order chi connectivity index (χ1) is 11.6. The Balaban J connectivity index is 1.62. The molecule has 2 aromatic rings. The number of fused-ring (bicyclic) bond motifs is 1. The highest BCUT2D eigenvalue weighted by molar-refractivity contribution is 5.96. The number of furan rings is 1. The van der Waals surface area contributed by atoms with Crippen LogP contribution >= 0.6 is 0 Å². The highest BCUT2D eigenvalue weighted by Gasteiger charge is 2.27. The number of likely N-dealkylation sites (tertiary alicyclic amines) is 1. The minimum absolute atomic E-state index is 0.136. The van der Waals surface area contributed by atoms with Gasteiger partial charge in [-0.3, -0.25) is 4.79 Å². The van der Waals surface area contributed by atoms with Gasteiger partial charge in [-0.2, -0.15) is 0 Å². The Morgan fingerprint density at radius 2 is 2.12 bits per heavy atom. The second kappa shape index (κ2) is 7.32. The summed E-state index contributed by atoms with van der Waals surface area (Å²) >= 11 is 0. The first kappa shape index (κ1) is 16.9. The Morgan fingerprint density at radius 3 is 2.83 bits per heavy atom. The molecule has 2 heterocycles. The van der Waals surface area contributed by atoms with Crippen molar-refractivity contribution < 1.29 is 18.7 Å². The van der Waals surface area contributed by atoms with E-state index in [4.69, 9.17) is 9.52 Å². The monoisotopic (exact) mass is 334 g/mol. The van der Waals surface area contributed by atoms with Crippen LogP contribution in [0.25, 0.3) is 11.0 Å². The van der Waals surface area contributed by atoms with E-state index in [-0.39, 0.29) is 24.1 Å². The van der Waals surface area contributed by atoms with E-state index >= 15 is 0 Å². The number of aliphatic hydroxyl groups excluding tert-OH is 1. The number of rotatable bonds is 5. The lowest BCUT2D eigenvalue weighted by molar-refractivity contribution is 0.0613. The van der Waals surface area contributed by atoms with Gasteiger partial charge in [0.25, 0.3) is 5.91 Å². The summed E-state index contributed by atoms with van der Waals surface area (Å²) in [6.45, 7) is 2.43. The van der Waals surface area contributed by atoms with Gasteiger partial charge in [-0.15, -0.1) is 0 Å². The number of aliphatic hydroxyl groups is 1. The van der Waals surface area contributed by atoms with E-state index < -0.39 is 0 Å². The van der Waals surface area contributed by atoms with Crippen molar-refractivity contribution in [3.05, 3.63) is 35.8 Å². The number of carbonyl (C=O) groups excluding carboxylic acids is 1. The quantitative estimate of drug-likeness (QED) is 0.913. The first-order valence-corrected chi connectivity index (χ1v) is 8.38. The van der Waals surface area contributed by atoms with E-state index in [1.54, 1.807) is 17.0 Å². The van der Waals surface area contributed by atoms with Crippen molar-refractivity contribution in [2.75, 3.05) is 33.3 Å². The van der Waals surface area contributed by atoms with Gasteiger partial charge in [0.1, 0.15) is 11.4 Å². The van der Waals surface area contributed by atoms with Crippen LogP contribution in [0.3, 0.4) is 0 Å². The van der Waals surface area contributed by atoms with Crippen LogP contribution in [-0.4, -0.2) is 60.1 Å². The lowest BCUT2D eigenvalue weighted by Gasteiger charge is -2.36. The summed E-state index contributed by atoms with van der Waals surface area (Å²) in [4.78, 5) is 16.6. The Labute approximate surface area is 140 Å². The van der Waals surface area contributed by atoms with Gasteiger partial charge in [-0.1, -0.05) is 0 Å². The average molecular weight is 334 g/mol. The predicted molar refractivity (Wildman–Crippen MR) is 89.4 cm³/mol. The van der Waals surface area contributed by atoms with Crippen molar-refractivity contribution in [3.63, 3.8) is 0 Å². The van der Waals surface area contributed by atoms with Crippen LogP contribution in [0.5, 0.6) is 0 Å². The van der Waals surface area contributed by atoms with Crippen molar-refractivity contribution in [2.45, 2.75) is 25.3 Å². The van der Waals surface area contributed by atoms with Gasteiger partial charge in [0, 0.05) is 37.7 Å². The highest BCUT2D eigenvalue weighted by Crippen LogP contribution is 2.23. The summed E-state index contributed by atoms with van der Waals surface area (Å²) in [5.74, 6) is -0.209. The summed E-state index contributed by atoms with van der Waals surface area (Å²) in [5, 5.41) is 9.53. The van der Waals surface area contributed by atoms with E-state index in [1.807, 2.05) is 0 Å². The zero-order valence-electron chi connectivity index (χ0n) is 13.9. The number of piperidine rings is 1. The summed E-state index contributed by atoms with van der Waals surface area (Å²) in [7, 11) is 2.06. The SMILES string of the molecule is CN(CCCO)C1CCN(C(=O)c2cc3cc(F)ccc3o2)CC1. The molecule has 1 saturated heterocycles. The van der Waals surface area contributed by atoms with Crippen molar-refractivity contribution in [3.8, 4) is 0 Å². The third kappa shape index (κ3) is 3.60. The van der Waals surface area contributed by atoms with Crippen LogP contribution in [0, 0.1) is 5.82 Å². The van der Waals surface area contributed by atoms with Crippen LogP contribution in [-0.2, 0) is 0 Å². The van der Waals surface area contributed by atoms with Gasteiger partial charge >= 0.3 is 0 Å². The number of nitrogens with zero attached hydrogens (tertiary/aromatic N) is 2. The molecule has 0 radical (unpaired) electrons. The third-order valence-corrected chi connectivity index (χ3v) is 4.73. The minimum atomic E-state index is -0.339. The largest absolute Gasteiger partial charge is 0.451 e. The van der Waals surface area contributed by atoms with Crippen LogP contribution in [0.1, 0.15) is 29.8 Å².